The fourth-order valence-electron chi connectivity index (χ4n) is 9.34. The molecule has 73 heavy (non-hydrogen) atoms. The van der Waals surface area contributed by atoms with Crippen LogP contribution in [0.25, 0.3) is 0 Å². The number of rotatable bonds is 52. The fourth-order valence-corrected chi connectivity index (χ4v) is 9.34. The highest BCUT2D eigenvalue weighted by molar-refractivity contribution is 5.74. The highest BCUT2D eigenvalue weighted by Crippen LogP contribution is 2.27. The van der Waals surface area contributed by atoms with Gasteiger partial charge in [-0.25, -0.2) is 4.79 Å². The first kappa shape index (κ1) is 68.2. The van der Waals surface area contributed by atoms with Gasteiger partial charge in [0.2, 0.25) is 0 Å². The number of aliphatic hydroxyl groups excluding tert-OH is 2. The first-order valence-electron chi connectivity index (χ1n) is 30.3. The summed E-state index contributed by atoms with van der Waals surface area (Å²) < 4.78 is 28.4. The number of allylic oxidation sites excluding steroid dienone is 4. The van der Waals surface area contributed by atoms with E-state index in [1.54, 1.807) is 0 Å². The van der Waals surface area contributed by atoms with Crippen molar-refractivity contribution in [3.8, 4) is 0 Å². The molecule has 3 N–H and O–H groups in total. The smallest absolute Gasteiger partial charge is 0.335 e. The van der Waals surface area contributed by atoms with Crippen LogP contribution in [0.15, 0.2) is 24.3 Å². The van der Waals surface area contributed by atoms with Gasteiger partial charge in [-0.3, -0.25) is 14.4 Å². The lowest BCUT2D eigenvalue weighted by Crippen LogP contribution is -2.61. The van der Waals surface area contributed by atoms with Crippen LogP contribution in [0.2, 0.25) is 0 Å². The number of esters is 3. The minimum Gasteiger partial charge on any atom is -0.479 e. The number of unbranched alkanes of at least 4 members (excludes halogenated alkanes) is 34. The molecule has 1 aliphatic heterocycles. The molecule has 12 nitrogen and oxygen atoms in total. The standard InChI is InChI=1S/C61H110O12/c1-4-7-10-13-16-19-21-23-25-26-27-28-30-32-34-37-40-43-46-49-55(64)72-59-57(66)56(65)58(60(67)68)73-61(59)70-51-52(71-54(63)48-45-42-39-35-18-15-12-9-6-3)50-69-53(62)47-44-41-38-36-33-31-29-24-22-20-17-14-11-8-5-2/h17,20,24,29,52,56-59,61,65-66H,4-16,18-19,21-23,25-28,30-51H2,1-3H3,(H,67,68)/b20-17-,29-24-. The van der Waals surface area contributed by atoms with Crippen LogP contribution in [0.3, 0.4) is 0 Å². The molecule has 0 amide bonds. The molecule has 1 heterocycles. The van der Waals surface area contributed by atoms with Gasteiger partial charge in [0, 0.05) is 19.3 Å². The van der Waals surface area contributed by atoms with E-state index in [1.807, 2.05) is 0 Å². The Labute approximate surface area is 445 Å². The summed E-state index contributed by atoms with van der Waals surface area (Å²) in [6.07, 6.45) is 44.5. The number of ether oxygens (including phenoxy) is 5. The Kier molecular flexibility index (Phi) is 46.8. The van der Waals surface area contributed by atoms with Gasteiger partial charge in [-0.15, -0.1) is 0 Å². The van der Waals surface area contributed by atoms with Gasteiger partial charge in [-0.05, 0) is 51.4 Å². The van der Waals surface area contributed by atoms with E-state index in [4.69, 9.17) is 23.7 Å². The number of carbonyl (C=O) groups excluding carboxylic acids is 3. The summed E-state index contributed by atoms with van der Waals surface area (Å²) in [4.78, 5) is 51.0. The van der Waals surface area contributed by atoms with Gasteiger partial charge < -0.3 is 39.0 Å². The third-order valence-electron chi connectivity index (χ3n) is 14.0. The maximum atomic E-state index is 13.1. The van der Waals surface area contributed by atoms with E-state index in [2.05, 4.69) is 45.1 Å². The molecule has 1 saturated heterocycles. The van der Waals surface area contributed by atoms with Gasteiger partial charge in [0.25, 0.3) is 0 Å². The average molecular weight is 1040 g/mol. The summed E-state index contributed by atoms with van der Waals surface area (Å²) in [5.74, 6) is -3.11. The van der Waals surface area contributed by atoms with Crippen LogP contribution in [-0.2, 0) is 42.9 Å². The Morgan fingerprint density at radius 1 is 0.452 bits per heavy atom. The lowest BCUT2D eigenvalue weighted by Gasteiger charge is -2.40. The Hall–Kier alpha value is -2.80. The van der Waals surface area contributed by atoms with E-state index >= 15 is 0 Å². The molecule has 0 aromatic rings. The Balaban J connectivity index is 2.61. The second kappa shape index (κ2) is 50.0. The molecule has 1 fully saturated rings. The molecule has 0 spiro atoms. The van der Waals surface area contributed by atoms with Crippen molar-refractivity contribution in [3.05, 3.63) is 24.3 Å². The number of carboxylic acids is 1. The lowest BCUT2D eigenvalue weighted by molar-refractivity contribution is -0.301. The summed E-state index contributed by atoms with van der Waals surface area (Å²) in [6.45, 7) is 5.96. The SMILES string of the molecule is CCCCC/C=C\C/C=C\CCCCCCCC(=O)OCC(COC1OC(C(=O)O)C(O)C(O)C1OC(=O)CCCCCCCCCCCCCCCCCCCCC)OC(=O)CCCCCCCCCCC. The Morgan fingerprint density at radius 3 is 1.26 bits per heavy atom. The maximum absolute atomic E-state index is 13.1. The largest absolute Gasteiger partial charge is 0.479 e. The van der Waals surface area contributed by atoms with E-state index < -0.39 is 67.3 Å². The topological polar surface area (TPSA) is 175 Å². The van der Waals surface area contributed by atoms with E-state index in [9.17, 15) is 34.5 Å². The molecule has 0 radical (unpaired) electrons. The van der Waals surface area contributed by atoms with Gasteiger partial charge in [-0.1, -0.05) is 244 Å². The molecule has 12 heteroatoms. The molecular formula is C61H110O12. The average Bonchev–Trinajstić information content (AvgIpc) is 3.37. The van der Waals surface area contributed by atoms with Crippen LogP contribution in [-0.4, -0.2) is 89.2 Å². The zero-order chi connectivity index (χ0) is 53.3. The van der Waals surface area contributed by atoms with Crippen LogP contribution in [0, 0.1) is 0 Å². The van der Waals surface area contributed by atoms with Crippen LogP contribution >= 0.6 is 0 Å². The maximum Gasteiger partial charge on any atom is 0.335 e. The van der Waals surface area contributed by atoms with Crippen LogP contribution in [0.4, 0.5) is 0 Å². The number of aliphatic carboxylic acids is 1. The quantitative estimate of drug-likeness (QED) is 0.0228. The summed E-state index contributed by atoms with van der Waals surface area (Å²) in [7, 11) is 0. The molecule has 6 atom stereocenters. The fraction of sp³-hybridized carbons (Fsp3) is 0.869. The molecule has 1 aliphatic rings. The molecule has 0 bridgehead atoms. The second-order valence-electron chi connectivity index (χ2n) is 21.0. The summed E-state index contributed by atoms with van der Waals surface area (Å²) in [5.41, 5.74) is 0. The monoisotopic (exact) mass is 1030 g/mol. The molecular weight excluding hydrogens is 925 g/mol. The summed E-state index contributed by atoms with van der Waals surface area (Å²) in [5, 5.41) is 31.5. The summed E-state index contributed by atoms with van der Waals surface area (Å²) in [6, 6.07) is 0. The van der Waals surface area contributed by atoms with Gasteiger partial charge >= 0.3 is 23.9 Å². The Morgan fingerprint density at radius 2 is 0.822 bits per heavy atom. The van der Waals surface area contributed by atoms with Crippen molar-refractivity contribution >= 4 is 23.9 Å². The number of aliphatic hydroxyl groups is 2. The van der Waals surface area contributed by atoms with Crippen molar-refractivity contribution in [2.45, 2.75) is 327 Å². The van der Waals surface area contributed by atoms with Crippen molar-refractivity contribution < 1.29 is 58.2 Å². The normalized spacial score (nSPS) is 18.4. The van der Waals surface area contributed by atoms with Crippen LogP contribution in [0.1, 0.15) is 290 Å². The van der Waals surface area contributed by atoms with Crippen molar-refractivity contribution in [1.82, 2.24) is 0 Å². The highest BCUT2D eigenvalue weighted by atomic mass is 16.7. The van der Waals surface area contributed by atoms with Gasteiger partial charge in [0.05, 0.1) is 6.61 Å². The minimum atomic E-state index is -1.90. The van der Waals surface area contributed by atoms with Crippen molar-refractivity contribution in [2.75, 3.05) is 13.2 Å². The van der Waals surface area contributed by atoms with E-state index in [0.717, 1.165) is 83.5 Å². The van der Waals surface area contributed by atoms with Crippen molar-refractivity contribution in [1.29, 1.82) is 0 Å². The molecule has 0 aromatic heterocycles. The predicted octanol–water partition coefficient (Wildman–Crippen LogP) is 15.5. The van der Waals surface area contributed by atoms with E-state index in [0.29, 0.717) is 19.3 Å². The molecule has 1 rings (SSSR count). The number of hydrogen-bond acceptors (Lipinski definition) is 11. The number of hydrogen-bond donors (Lipinski definition) is 3. The van der Waals surface area contributed by atoms with Crippen molar-refractivity contribution in [3.63, 3.8) is 0 Å². The molecule has 6 unspecified atom stereocenters. The summed E-state index contributed by atoms with van der Waals surface area (Å²) >= 11 is 0. The molecule has 426 valence electrons. The zero-order valence-corrected chi connectivity index (χ0v) is 46.9. The first-order valence-corrected chi connectivity index (χ1v) is 30.3. The van der Waals surface area contributed by atoms with Crippen molar-refractivity contribution in [2.24, 2.45) is 0 Å². The molecule has 0 saturated carbocycles. The Bertz CT molecular complexity index is 1370. The van der Waals surface area contributed by atoms with Crippen LogP contribution in [0.5, 0.6) is 0 Å². The van der Waals surface area contributed by atoms with Gasteiger partial charge in [0.15, 0.2) is 24.6 Å². The van der Waals surface area contributed by atoms with Crippen LogP contribution < -0.4 is 0 Å². The molecule has 0 aromatic carbocycles. The van der Waals surface area contributed by atoms with Gasteiger partial charge in [0.1, 0.15) is 18.8 Å². The predicted molar refractivity (Wildman–Crippen MR) is 294 cm³/mol. The van der Waals surface area contributed by atoms with E-state index in [-0.39, 0.29) is 25.9 Å². The second-order valence-corrected chi connectivity index (χ2v) is 21.0. The first-order chi connectivity index (χ1) is 35.6. The zero-order valence-electron chi connectivity index (χ0n) is 46.9. The third-order valence-corrected chi connectivity index (χ3v) is 14.0. The highest BCUT2D eigenvalue weighted by Gasteiger charge is 2.50. The van der Waals surface area contributed by atoms with E-state index in [1.165, 1.54) is 148 Å². The van der Waals surface area contributed by atoms with Gasteiger partial charge in [-0.2, -0.15) is 0 Å². The lowest BCUT2D eigenvalue weighted by atomic mass is 9.98. The number of carboxylic acid groups (broad SMARTS) is 1. The number of carbonyl (C=O) groups is 4. The molecule has 0 aliphatic carbocycles. The minimum absolute atomic E-state index is 0.0665. The third kappa shape index (κ3) is 40.2.